The second-order valence-corrected chi connectivity index (χ2v) is 3.37. The molecule has 0 radical (unpaired) electrons. The fourth-order valence-electron chi connectivity index (χ4n) is 0.954. The van der Waals surface area contributed by atoms with Crippen LogP contribution in [0, 0.1) is 5.92 Å². The molecular weight excluding hydrogens is 186 g/mol. The Bertz CT molecular complexity index is 203. The highest BCUT2D eigenvalue weighted by Gasteiger charge is 2.22. The molecule has 82 valence electrons. The first-order chi connectivity index (χ1) is 6.49. The molecule has 0 aliphatic heterocycles. The van der Waals surface area contributed by atoms with Gasteiger partial charge >= 0.3 is 5.97 Å². The van der Waals surface area contributed by atoms with Crippen LogP contribution in [0.5, 0.6) is 0 Å². The second kappa shape index (κ2) is 6.37. The van der Waals surface area contributed by atoms with E-state index in [0.717, 1.165) is 0 Å². The minimum absolute atomic E-state index is 0.126. The van der Waals surface area contributed by atoms with E-state index in [-0.39, 0.29) is 18.2 Å². The summed E-state index contributed by atoms with van der Waals surface area (Å²) in [5.74, 6) is -1.43. The Balaban J connectivity index is 4.04. The minimum atomic E-state index is -1.01. The number of carboxylic acids is 1. The predicted molar refractivity (Wildman–Crippen MR) is 50.9 cm³/mol. The van der Waals surface area contributed by atoms with Gasteiger partial charge in [-0.25, -0.2) is 4.79 Å². The summed E-state index contributed by atoms with van der Waals surface area (Å²) in [4.78, 5) is 21.9. The first-order valence-corrected chi connectivity index (χ1v) is 4.50. The molecule has 0 aromatic rings. The van der Waals surface area contributed by atoms with Gasteiger partial charge in [0, 0.05) is 13.5 Å². The lowest BCUT2D eigenvalue weighted by Crippen LogP contribution is -2.44. The fourth-order valence-corrected chi connectivity index (χ4v) is 0.954. The quantitative estimate of drug-likeness (QED) is 0.648. The van der Waals surface area contributed by atoms with E-state index in [1.807, 2.05) is 0 Å². The number of rotatable bonds is 6. The molecule has 0 aliphatic rings. The average Bonchev–Trinajstić information content (AvgIpc) is 2.09. The van der Waals surface area contributed by atoms with Crippen molar-refractivity contribution in [1.82, 2.24) is 5.32 Å². The molecule has 0 spiro atoms. The summed E-state index contributed by atoms with van der Waals surface area (Å²) in [7, 11) is 1.49. The number of ether oxygens (including phenoxy) is 1. The van der Waals surface area contributed by atoms with Crippen molar-refractivity contribution in [3.8, 4) is 0 Å². The van der Waals surface area contributed by atoms with Gasteiger partial charge in [0.15, 0.2) is 0 Å². The highest BCUT2D eigenvalue weighted by molar-refractivity contribution is 5.83. The molecule has 2 N–H and O–H groups in total. The van der Waals surface area contributed by atoms with Gasteiger partial charge in [0.1, 0.15) is 6.04 Å². The van der Waals surface area contributed by atoms with Crippen LogP contribution < -0.4 is 5.32 Å². The molecule has 0 aliphatic carbocycles. The zero-order chi connectivity index (χ0) is 11.1. The molecule has 0 aromatic carbocycles. The van der Waals surface area contributed by atoms with Crippen molar-refractivity contribution in [1.29, 1.82) is 0 Å². The Morgan fingerprint density at radius 3 is 2.36 bits per heavy atom. The third-order valence-electron chi connectivity index (χ3n) is 1.78. The van der Waals surface area contributed by atoms with Crippen molar-refractivity contribution in [2.24, 2.45) is 5.92 Å². The number of nitrogens with one attached hydrogen (secondary N) is 1. The van der Waals surface area contributed by atoms with Gasteiger partial charge in [-0.3, -0.25) is 4.79 Å². The van der Waals surface area contributed by atoms with E-state index in [1.165, 1.54) is 7.11 Å². The third kappa shape index (κ3) is 4.81. The SMILES string of the molecule is COCCC(=O)N[C@H](C(=O)O)C(C)C. The highest BCUT2D eigenvalue weighted by Crippen LogP contribution is 2.01. The van der Waals surface area contributed by atoms with Crippen LogP contribution in [-0.4, -0.2) is 36.7 Å². The molecule has 0 bridgehead atoms. The van der Waals surface area contributed by atoms with Crippen molar-refractivity contribution < 1.29 is 19.4 Å². The number of amides is 1. The maximum absolute atomic E-state index is 11.2. The van der Waals surface area contributed by atoms with E-state index in [2.05, 4.69) is 5.32 Å². The first kappa shape index (κ1) is 12.9. The van der Waals surface area contributed by atoms with Crippen LogP contribution in [0.1, 0.15) is 20.3 Å². The van der Waals surface area contributed by atoms with Crippen molar-refractivity contribution >= 4 is 11.9 Å². The lowest BCUT2D eigenvalue weighted by molar-refractivity contribution is -0.143. The van der Waals surface area contributed by atoms with Crippen molar-refractivity contribution in [2.45, 2.75) is 26.3 Å². The molecule has 5 nitrogen and oxygen atoms in total. The lowest BCUT2D eigenvalue weighted by atomic mass is 10.0. The van der Waals surface area contributed by atoms with Crippen LogP contribution in [0.3, 0.4) is 0 Å². The summed E-state index contributed by atoms with van der Waals surface area (Å²) < 4.78 is 4.71. The van der Waals surface area contributed by atoms with Gasteiger partial charge in [0.05, 0.1) is 6.61 Å². The van der Waals surface area contributed by atoms with Crippen LogP contribution in [-0.2, 0) is 14.3 Å². The Kier molecular flexibility index (Phi) is 5.87. The largest absolute Gasteiger partial charge is 0.480 e. The first-order valence-electron chi connectivity index (χ1n) is 4.50. The summed E-state index contributed by atoms with van der Waals surface area (Å²) in [5, 5.41) is 11.2. The number of carbonyl (C=O) groups is 2. The van der Waals surface area contributed by atoms with Crippen molar-refractivity contribution in [3.05, 3.63) is 0 Å². The molecule has 0 rings (SSSR count). The van der Waals surface area contributed by atoms with Crippen LogP contribution in [0.25, 0.3) is 0 Å². The number of carboxylic acid groups (broad SMARTS) is 1. The summed E-state index contributed by atoms with van der Waals surface area (Å²) in [6.45, 7) is 3.79. The molecule has 0 saturated heterocycles. The zero-order valence-corrected chi connectivity index (χ0v) is 8.74. The van der Waals surface area contributed by atoms with Crippen LogP contribution in [0.15, 0.2) is 0 Å². The highest BCUT2D eigenvalue weighted by atomic mass is 16.5. The molecule has 5 heteroatoms. The number of carbonyl (C=O) groups excluding carboxylic acids is 1. The smallest absolute Gasteiger partial charge is 0.326 e. The number of hydrogen-bond donors (Lipinski definition) is 2. The summed E-state index contributed by atoms with van der Waals surface area (Å²) in [5.41, 5.74) is 0. The summed E-state index contributed by atoms with van der Waals surface area (Å²) in [6.07, 6.45) is 0.188. The van der Waals surface area contributed by atoms with Gasteiger partial charge in [0.2, 0.25) is 5.91 Å². The van der Waals surface area contributed by atoms with Crippen molar-refractivity contribution in [3.63, 3.8) is 0 Å². The van der Waals surface area contributed by atoms with Gasteiger partial charge in [-0.15, -0.1) is 0 Å². The summed E-state index contributed by atoms with van der Waals surface area (Å²) >= 11 is 0. The molecular formula is C9H17NO4. The predicted octanol–water partition coefficient (Wildman–Crippen LogP) is 0.248. The average molecular weight is 203 g/mol. The van der Waals surface area contributed by atoms with E-state index in [1.54, 1.807) is 13.8 Å². The molecule has 0 aromatic heterocycles. The third-order valence-corrected chi connectivity index (χ3v) is 1.78. The van der Waals surface area contributed by atoms with E-state index in [0.29, 0.717) is 6.61 Å². The number of aliphatic carboxylic acids is 1. The van der Waals surface area contributed by atoms with E-state index in [9.17, 15) is 9.59 Å². The number of methoxy groups -OCH3 is 1. The Morgan fingerprint density at radius 1 is 1.43 bits per heavy atom. The van der Waals surface area contributed by atoms with Crippen LogP contribution >= 0.6 is 0 Å². The van der Waals surface area contributed by atoms with Gasteiger partial charge in [-0.1, -0.05) is 13.8 Å². The van der Waals surface area contributed by atoms with E-state index >= 15 is 0 Å². The molecule has 0 saturated carbocycles. The van der Waals surface area contributed by atoms with Crippen LogP contribution in [0.4, 0.5) is 0 Å². The molecule has 1 atom stereocenters. The standard InChI is InChI=1S/C9H17NO4/c1-6(2)8(9(12)13)10-7(11)4-5-14-3/h6,8H,4-5H2,1-3H3,(H,10,11)(H,12,13)/t8-/m0/s1. The maximum atomic E-state index is 11.2. The Morgan fingerprint density at radius 2 is 2.00 bits per heavy atom. The van der Waals surface area contributed by atoms with E-state index in [4.69, 9.17) is 9.84 Å². The fraction of sp³-hybridized carbons (Fsp3) is 0.778. The molecule has 1 amide bonds. The van der Waals surface area contributed by atoms with Gasteiger partial charge < -0.3 is 15.2 Å². The Labute approximate surface area is 83.4 Å². The second-order valence-electron chi connectivity index (χ2n) is 3.37. The molecule has 0 fully saturated rings. The minimum Gasteiger partial charge on any atom is -0.480 e. The topological polar surface area (TPSA) is 75.6 Å². The van der Waals surface area contributed by atoms with Crippen molar-refractivity contribution in [2.75, 3.05) is 13.7 Å². The zero-order valence-electron chi connectivity index (χ0n) is 8.74. The lowest BCUT2D eigenvalue weighted by Gasteiger charge is -2.17. The molecule has 0 heterocycles. The normalized spacial score (nSPS) is 12.6. The van der Waals surface area contributed by atoms with Crippen LogP contribution in [0.2, 0.25) is 0 Å². The monoisotopic (exact) mass is 203 g/mol. The van der Waals surface area contributed by atoms with Gasteiger partial charge in [-0.2, -0.15) is 0 Å². The Hall–Kier alpha value is -1.10. The summed E-state index contributed by atoms with van der Waals surface area (Å²) in [6, 6.07) is -0.820. The van der Waals surface area contributed by atoms with Gasteiger partial charge in [0.25, 0.3) is 0 Å². The number of hydrogen-bond acceptors (Lipinski definition) is 3. The van der Waals surface area contributed by atoms with Gasteiger partial charge in [-0.05, 0) is 5.92 Å². The maximum Gasteiger partial charge on any atom is 0.326 e. The molecule has 14 heavy (non-hydrogen) atoms. The molecule has 0 unspecified atom stereocenters. The van der Waals surface area contributed by atoms with E-state index < -0.39 is 12.0 Å².